The number of amides is 1. The number of allylic oxidation sites excluding steroid dienone is 12. The van der Waals surface area contributed by atoms with Gasteiger partial charge in [-0.2, -0.15) is 0 Å². The van der Waals surface area contributed by atoms with E-state index in [9.17, 15) is 19.5 Å². The monoisotopic (exact) mass is 856 g/mol. The average molecular weight is 857 g/mol. The van der Waals surface area contributed by atoms with Gasteiger partial charge in [-0.15, -0.1) is 11.3 Å². The molecule has 3 aromatic carbocycles. The van der Waals surface area contributed by atoms with Crippen LogP contribution in [-0.4, -0.2) is 73.2 Å². The number of rotatable bonds is 24. The first-order chi connectivity index (χ1) is 30.3. The second-order valence-corrected chi connectivity index (χ2v) is 15.9. The van der Waals surface area contributed by atoms with Crippen molar-refractivity contribution in [2.75, 3.05) is 39.5 Å². The highest BCUT2D eigenvalue weighted by atomic mass is 32.1. The molecule has 1 fully saturated rings. The summed E-state index contributed by atoms with van der Waals surface area (Å²) >= 11 is 1.42. The highest BCUT2D eigenvalue weighted by Crippen LogP contribution is 2.40. The molecule has 326 valence electrons. The van der Waals surface area contributed by atoms with Gasteiger partial charge in [-0.25, -0.2) is 4.79 Å². The lowest BCUT2D eigenvalue weighted by Gasteiger charge is -2.26. The molecule has 0 spiro atoms. The molecular formula is C52H60N2O7S. The van der Waals surface area contributed by atoms with Gasteiger partial charge in [0.15, 0.2) is 5.78 Å². The molecule has 1 amide bonds. The van der Waals surface area contributed by atoms with Crippen molar-refractivity contribution in [1.82, 2.24) is 10.2 Å². The largest absolute Gasteiger partial charge is 0.508 e. The number of benzene rings is 3. The Bertz CT molecular complexity index is 2210. The predicted molar refractivity (Wildman–Crippen MR) is 252 cm³/mol. The van der Waals surface area contributed by atoms with Gasteiger partial charge in [0, 0.05) is 52.1 Å². The topological polar surface area (TPSA) is 114 Å². The zero-order valence-corrected chi connectivity index (χ0v) is 36.8. The van der Waals surface area contributed by atoms with Gasteiger partial charge in [-0.05, 0) is 112 Å². The fraction of sp³-hybridized carbons (Fsp3) is 0.327. The Balaban J connectivity index is 1.29. The van der Waals surface area contributed by atoms with E-state index < -0.39 is 12.0 Å². The molecule has 2 heterocycles. The van der Waals surface area contributed by atoms with Crippen LogP contribution in [0.3, 0.4) is 0 Å². The van der Waals surface area contributed by atoms with Crippen LogP contribution in [0.2, 0.25) is 0 Å². The molecule has 4 aromatic rings. The molecule has 1 atom stereocenters. The molecule has 1 aliphatic rings. The zero-order chi connectivity index (χ0) is 43.8. The quantitative estimate of drug-likeness (QED) is 0.0310. The van der Waals surface area contributed by atoms with Gasteiger partial charge in [0.2, 0.25) is 5.91 Å². The first-order valence-corrected chi connectivity index (χ1v) is 22.5. The lowest BCUT2D eigenvalue weighted by Crippen LogP contribution is -2.40. The number of phenols is 1. The predicted octanol–water partition coefficient (Wildman–Crippen LogP) is 11.0. The number of thiophene rings is 1. The Morgan fingerprint density at radius 3 is 2.06 bits per heavy atom. The van der Waals surface area contributed by atoms with E-state index in [1.807, 2.05) is 18.2 Å². The summed E-state index contributed by atoms with van der Waals surface area (Å²) in [7, 11) is 0. The molecule has 0 saturated carbocycles. The van der Waals surface area contributed by atoms with Gasteiger partial charge in [-0.3, -0.25) is 14.5 Å². The number of para-hydroxylation sites is 1. The SMILES string of the molecule is CC/C=C\C/C=C\C/C=C\C/C=C\C/C=C\C/C=C(/CCC(=O)N[C@@H](C)C(=O)Oc1ccccc1)c1sc2cc(O)ccc2c1C(=O)c1ccc(OCCN2CCOCC2)cc1. The van der Waals surface area contributed by atoms with E-state index in [0.29, 0.717) is 42.1 Å². The van der Waals surface area contributed by atoms with Gasteiger partial charge in [0.25, 0.3) is 0 Å². The molecule has 9 nitrogen and oxygen atoms in total. The van der Waals surface area contributed by atoms with Gasteiger partial charge in [0.1, 0.15) is 29.9 Å². The standard InChI is InChI=1S/C52H60N2O7S/c1-3-4-5-6-7-8-9-10-11-12-13-14-15-16-17-19-22-42(27-32-48(56)53-40(2)52(58)61-45-23-20-18-21-24-45)51-49(46-31-28-43(55)39-47(46)62-51)50(57)41-25-29-44(30-26-41)60-38-35-54-33-36-59-37-34-54/h4-5,7-8,10-11,13-14,16-18,20-26,28-31,39-40,55H,3,6,9,12,15,19,27,32-38H2,1-2H3,(H,53,56)/b5-4-,8-7-,11-10-,14-13-,17-16-,42-22-/t40-/m0/s1. The molecule has 0 bridgehead atoms. The number of hydrogen-bond acceptors (Lipinski definition) is 9. The number of fused-ring (bicyclic) bond motifs is 1. The highest BCUT2D eigenvalue weighted by Gasteiger charge is 2.24. The molecule has 0 unspecified atom stereocenters. The van der Waals surface area contributed by atoms with Crippen molar-refractivity contribution in [2.24, 2.45) is 0 Å². The number of hydrogen-bond donors (Lipinski definition) is 2. The van der Waals surface area contributed by atoms with Crippen molar-refractivity contribution in [1.29, 1.82) is 0 Å². The minimum Gasteiger partial charge on any atom is -0.508 e. The first-order valence-electron chi connectivity index (χ1n) is 21.7. The van der Waals surface area contributed by atoms with E-state index in [4.69, 9.17) is 14.2 Å². The van der Waals surface area contributed by atoms with Crippen LogP contribution in [0.4, 0.5) is 0 Å². The summed E-state index contributed by atoms with van der Waals surface area (Å²) in [4.78, 5) is 43.6. The Morgan fingerprint density at radius 2 is 1.42 bits per heavy atom. The average Bonchev–Trinajstić information content (AvgIpc) is 3.66. The molecular weight excluding hydrogens is 797 g/mol. The van der Waals surface area contributed by atoms with Crippen LogP contribution < -0.4 is 14.8 Å². The maximum atomic E-state index is 14.5. The Labute approximate surface area is 370 Å². The van der Waals surface area contributed by atoms with Gasteiger partial charge >= 0.3 is 5.97 Å². The van der Waals surface area contributed by atoms with E-state index >= 15 is 0 Å². The van der Waals surface area contributed by atoms with Crippen molar-refractivity contribution >= 4 is 44.7 Å². The lowest BCUT2D eigenvalue weighted by atomic mass is 9.95. The molecule has 1 saturated heterocycles. The van der Waals surface area contributed by atoms with Crippen LogP contribution in [0.5, 0.6) is 17.2 Å². The van der Waals surface area contributed by atoms with E-state index in [0.717, 1.165) is 85.5 Å². The molecule has 2 N–H and O–H groups in total. The third kappa shape index (κ3) is 15.9. The molecule has 62 heavy (non-hydrogen) atoms. The molecule has 0 aliphatic carbocycles. The summed E-state index contributed by atoms with van der Waals surface area (Å²) in [5, 5.41) is 13.9. The molecule has 0 radical (unpaired) electrons. The number of morpholine rings is 1. The summed E-state index contributed by atoms with van der Waals surface area (Å²) in [5.41, 5.74) is 1.84. The van der Waals surface area contributed by atoms with E-state index in [1.54, 1.807) is 61.5 Å². The maximum absolute atomic E-state index is 14.5. The smallest absolute Gasteiger partial charge is 0.333 e. The van der Waals surface area contributed by atoms with Crippen molar-refractivity contribution in [3.63, 3.8) is 0 Å². The van der Waals surface area contributed by atoms with Crippen molar-refractivity contribution in [3.8, 4) is 17.2 Å². The summed E-state index contributed by atoms with van der Waals surface area (Å²) in [5.74, 6) is 0.129. The van der Waals surface area contributed by atoms with Gasteiger partial charge < -0.3 is 24.6 Å². The van der Waals surface area contributed by atoms with Crippen LogP contribution in [0.15, 0.2) is 140 Å². The number of carbonyl (C=O) groups excluding carboxylic acids is 3. The lowest BCUT2D eigenvalue weighted by molar-refractivity contribution is -0.138. The van der Waals surface area contributed by atoms with Crippen LogP contribution in [0, 0.1) is 0 Å². The van der Waals surface area contributed by atoms with Crippen molar-refractivity contribution in [2.45, 2.75) is 71.3 Å². The van der Waals surface area contributed by atoms with Gasteiger partial charge in [-0.1, -0.05) is 92.0 Å². The van der Waals surface area contributed by atoms with E-state index in [2.05, 4.69) is 84.0 Å². The number of nitrogens with one attached hydrogen (secondary N) is 1. The zero-order valence-electron chi connectivity index (χ0n) is 36.0. The summed E-state index contributed by atoms with van der Waals surface area (Å²) in [6.45, 7) is 8.29. The molecule has 5 rings (SSSR count). The Hall–Kier alpha value is -5.81. The fourth-order valence-corrected chi connectivity index (χ4v) is 7.98. The van der Waals surface area contributed by atoms with E-state index in [1.165, 1.54) is 11.3 Å². The van der Waals surface area contributed by atoms with Crippen LogP contribution in [-0.2, 0) is 14.3 Å². The Morgan fingerprint density at radius 1 is 0.790 bits per heavy atom. The van der Waals surface area contributed by atoms with Crippen molar-refractivity contribution in [3.05, 3.63) is 156 Å². The van der Waals surface area contributed by atoms with E-state index in [-0.39, 0.29) is 23.9 Å². The third-order valence-electron chi connectivity index (χ3n) is 10.1. The normalized spacial score (nSPS) is 14.5. The van der Waals surface area contributed by atoms with Gasteiger partial charge in [0.05, 0.1) is 13.2 Å². The summed E-state index contributed by atoms with van der Waals surface area (Å²) in [6, 6.07) is 20.1. The summed E-state index contributed by atoms with van der Waals surface area (Å²) < 4.78 is 17.6. The number of ketones is 1. The Kier molecular flexibility index (Phi) is 20.2. The first kappa shape index (κ1) is 47.2. The number of esters is 1. The maximum Gasteiger partial charge on any atom is 0.333 e. The van der Waals surface area contributed by atoms with Crippen LogP contribution in [0.25, 0.3) is 15.7 Å². The number of carbonyl (C=O) groups is 3. The second kappa shape index (κ2) is 26.5. The van der Waals surface area contributed by atoms with Crippen LogP contribution in [0.1, 0.15) is 86.0 Å². The fourth-order valence-electron chi connectivity index (χ4n) is 6.68. The minimum absolute atomic E-state index is 0.0735. The minimum atomic E-state index is -0.868. The number of phenolic OH excluding ortho intramolecular Hbond substituents is 1. The number of aromatic hydroxyl groups is 1. The molecule has 1 aliphatic heterocycles. The van der Waals surface area contributed by atoms with Crippen molar-refractivity contribution < 1.29 is 33.7 Å². The van der Waals surface area contributed by atoms with Crippen LogP contribution >= 0.6 is 11.3 Å². The summed E-state index contributed by atoms with van der Waals surface area (Å²) in [6.07, 6.45) is 29.2. The number of nitrogens with zero attached hydrogens (tertiary/aromatic N) is 1. The second-order valence-electron chi connectivity index (χ2n) is 14.8. The molecule has 1 aromatic heterocycles. The third-order valence-corrected chi connectivity index (χ3v) is 11.3. The molecule has 10 heteroatoms. The number of ether oxygens (including phenoxy) is 3. The highest BCUT2D eigenvalue weighted by molar-refractivity contribution is 7.20.